The first-order valence-corrected chi connectivity index (χ1v) is 30.2. The van der Waals surface area contributed by atoms with Crippen molar-refractivity contribution in [2.45, 2.75) is 143 Å². The van der Waals surface area contributed by atoms with Crippen LogP contribution in [0.2, 0.25) is 10.1 Å². The van der Waals surface area contributed by atoms with Crippen LogP contribution in [0, 0.1) is 11.8 Å². The summed E-state index contributed by atoms with van der Waals surface area (Å²) in [7, 11) is -5.61. The Morgan fingerprint density at radius 1 is 0.539 bits per heavy atom. The summed E-state index contributed by atoms with van der Waals surface area (Å²) in [5.41, 5.74) is -0.364. The molecular weight excluding hydrogens is 991 g/mol. The number of rotatable bonds is 20. The third kappa shape index (κ3) is 16.2. The summed E-state index contributed by atoms with van der Waals surface area (Å²) < 4.78 is 30.1. The Bertz CT molecular complexity index is 2560. The van der Waals surface area contributed by atoms with E-state index >= 15 is 0 Å². The summed E-state index contributed by atoms with van der Waals surface area (Å²) >= 11 is 0. The van der Waals surface area contributed by atoms with E-state index in [1.54, 1.807) is 41.5 Å². The largest absolute Gasteiger partial charge is 0.481 e. The highest BCUT2D eigenvalue weighted by atomic mass is 28.4. The summed E-state index contributed by atoms with van der Waals surface area (Å²) in [6, 6.07) is 50.2. The Morgan fingerprint density at radius 2 is 0.868 bits per heavy atom. The van der Waals surface area contributed by atoms with Gasteiger partial charge in [-0.05, 0) is 97.2 Å². The Kier molecular flexibility index (Phi) is 20.9. The first-order valence-electron chi connectivity index (χ1n) is 26.4. The van der Waals surface area contributed by atoms with Crippen LogP contribution < -0.4 is 20.7 Å². The second-order valence-electron chi connectivity index (χ2n) is 23.5. The molecule has 12 nitrogen and oxygen atoms in total. The highest BCUT2D eigenvalue weighted by Crippen LogP contribution is 2.39. The molecule has 408 valence electrons. The first kappa shape index (κ1) is 60.7. The van der Waals surface area contributed by atoms with Gasteiger partial charge in [0, 0.05) is 13.2 Å². The van der Waals surface area contributed by atoms with Crippen molar-refractivity contribution in [3.8, 4) is 0 Å². The minimum Gasteiger partial charge on any atom is -0.481 e. The van der Waals surface area contributed by atoms with Gasteiger partial charge in [-0.15, -0.1) is 0 Å². The molecule has 76 heavy (non-hydrogen) atoms. The number of carboxylic acid groups (broad SMARTS) is 1. The number of hydrogen-bond donors (Lipinski definition) is 1. The molecule has 1 fully saturated rings. The molecule has 6 rings (SSSR count). The molecule has 0 aliphatic carbocycles. The quantitative estimate of drug-likeness (QED) is 0.0450. The van der Waals surface area contributed by atoms with Crippen LogP contribution in [-0.4, -0.2) is 93.6 Å². The molecule has 1 heterocycles. The topological polar surface area (TPSA) is 155 Å². The molecule has 2 amide bonds. The summed E-state index contributed by atoms with van der Waals surface area (Å²) in [6.07, 6.45) is -0.0730. The van der Waals surface area contributed by atoms with E-state index in [2.05, 4.69) is 90.1 Å². The van der Waals surface area contributed by atoms with E-state index in [4.69, 9.17) is 23.1 Å². The van der Waals surface area contributed by atoms with Gasteiger partial charge in [0.2, 0.25) is 5.91 Å². The van der Waals surface area contributed by atoms with Crippen LogP contribution in [0.4, 0.5) is 4.79 Å². The van der Waals surface area contributed by atoms with Crippen LogP contribution in [0.15, 0.2) is 152 Å². The number of amides is 2. The predicted octanol–water partition coefficient (Wildman–Crippen LogP) is 10.3. The van der Waals surface area contributed by atoms with E-state index < -0.39 is 75.6 Å². The predicted molar refractivity (Wildman–Crippen MR) is 304 cm³/mol. The van der Waals surface area contributed by atoms with Crippen molar-refractivity contribution in [3.63, 3.8) is 0 Å². The molecule has 0 saturated carbocycles. The smallest absolute Gasteiger partial charge is 0.416 e. The number of carboxylic acids is 1. The maximum atomic E-state index is 14.1. The highest BCUT2D eigenvalue weighted by molar-refractivity contribution is 7.00. The van der Waals surface area contributed by atoms with Crippen LogP contribution in [-0.2, 0) is 48.7 Å². The van der Waals surface area contributed by atoms with Crippen molar-refractivity contribution in [2.24, 2.45) is 11.8 Å². The number of aliphatic carboxylic acids is 1. The lowest BCUT2D eigenvalue weighted by molar-refractivity contribution is -0.160. The Labute approximate surface area is 453 Å². The maximum absolute atomic E-state index is 14.1. The lowest BCUT2D eigenvalue weighted by atomic mass is 9.98. The SMILES string of the molecule is CC(C)(C)OC(=O)C[C@@H](CCO[Si](c1ccccc1)(c1ccccc1)C(C)(C)C)C(=O)N1C(=O)OC[C@@H]1Cc1ccccc1.CC(C)(C)OC(=O)C[C@@H](CCO[Si](c1ccccc1)(c1ccccc1)C(C)(C)C)C(=O)O. The van der Waals surface area contributed by atoms with Gasteiger partial charge in [-0.25, -0.2) is 9.69 Å². The van der Waals surface area contributed by atoms with Crippen LogP contribution >= 0.6 is 0 Å². The minimum atomic E-state index is -2.87. The van der Waals surface area contributed by atoms with Gasteiger partial charge < -0.3 is 28.2 Å². The second-order valence-corrected chi connectivity index (χ2v) is 32.2. The molecule has 1 aliphatic heterocycles. The van der Waals surface area contributed by atoms with E-state index in [-0.39, 0.29) is 55.6 Å². The van der Waals surface area contributed by atoms with Gasteiger partial charge in [0.1, 0.15) is 17.8 Å². The second kappa shape index (κ2) is 26.2. The fourth-order valence-electron chi connectivity index (χ4n) is 9.99. The third-order valence-corrected chi connectivity index (χ3v) is 23.4. The summed E-state index contributed by atoms with van der Waals surface area (Å²) in [5, 5.41) is 13.8. The molecule has 0 spiro atoms. The first-order chi connectivity index (χ1) is 35.7. The molecule has 1 saturated heterocycles. The number of imide groups is 1. The normalized spacial score (nSPS) is 15.1. The Balaban J connectivity index is 0.000000296. The Hall–Kier alpha value is -6.20. The van der Waals surface area contributed by atoms with Crippen molar-refractivity contribution in [2.75, 3.05) is 19.8 Å². The van der Waals surface area contributed by atoms with Gasteiger partial charge in [0.15, 0.2) is 0 Å². The number of benzene rings is 5. The van der Waals surface area contributed by atoms with Crippen molar-refractivity contribution in [3.05, 3.63) is 157 Å². The number of hydrogen-bond acceptors (Lipinski definition) is 10. The molecule has 5 aromatic carbocycles. The van der Waals surface area contributed by atoms with Crippen molar-refractivity contribution in [1.29, 1.82) is 0 Å². The summed E-state index contributed by atoms with van der Waals surface area (Å²) in [5.74, 6) is -4.13. The standard InChI is InChI=1S/C36H45NO6Si.C26H36O5Si/c1-35(2,3)43-32(38)25-28(33(39)37-29(26-41-34(37)40)24-27-16-10-7-11-17-27)22-23-42-44(36(4,5)6,30-18-12-8-13-19-30)31-20-14-9-15-21-31;1-25(2,3)31-23(27)19-20(24(28)29)17-18-30-32(26(4,5)6,21-13-9-7-10-14-21)22-15-11-8-12-16-22/h7-21,28-29H,22-26H2,1-6H3;7-16,20H,17-19H2,1-6H3,(H,28,29)/t28-,29+;20-/m11/s1. The molecule has 14 heteroatoms. The van der Waals surface area contributed by atoms with Crippen LogP contribution in [0.1, 0.15) is 114 Å². The van der Waals surface area contributed by atoms with Gasteiger partial charge in [-0.1, -0.05) is 193 Å². The monoisotopic (exact) mass is 1070 g/mol. The van der Waals surface area contributed by atoms with Gasteiger partial charge in [0.05, 0.1) is 30.7 Å². The van der Waals surface area contributed by atoms with Crippen molar-refractivity contribution in [1.82, 2.24) is 4.90 Å². The molecule has 0 radical (unpaired) electrons. The molecule has 1 N–H and O–H groups in total. The van der Waals surface area contributed by atoms with Crippen LogP contribution in [0.25, 0.3) is 0 Å². The highest BCUT2D eigenvalue weighted by Gasteiger charge is 2.52. The van der Waals surface area contributed by atoms with Crippen molar-refractivity contribution < 1.29 is 52.1 Å². The number of esters is 2. The summed E-state index contributed by atoms with van der Waals surface area (Å²) in [4.78, 5) is 65.4. The van der Waals surface area contributed by atoms with E-state index in [0.29, 0.717) is 6.42 Å². The van der Waals surface area contributed by atoms with E-state index in [0.717, 1.165) is 26.3 Å². The van der Waals surface area contributed by atoms with Gasteiger partial charge in [-0.3, -0.25) is 19.2 Å². The minimum absolute atomic E-state index is 0.108. The van der Waals surface area contributed by atoms with Gasteiger partial charge in [0.25, 0.3) is 16.6 Å². The molecule has 5 aromatic rings. The molecule has 0 unspecified atom stereocenters. The number of cyclic esters (lactones) is 1. The number of carbonyl (C=O) groups is 5. The van der Waals surface area contributed by atoms with E-state index in [9.17, 15) is 29.1 Å². The van der Waals surface area contributed by atoms with Crippen LogP contribution in [0.5, 0.6) is 0 Å². The fraction of sp³-hybridized carbons (Fsp3) is 0.435. The lowest BCUT2D eigenvalue weighted by Crippen LogP contribution is -2.66. The fourth-order valence-corrected chi connectivity index (χ4v) is 19.1. The third-order valence-electron chi connectivity index (χ3n) is 13.3. The molecule has 0 aromatic heterocycles. The molecule has 3 atom stereocenters. The molecule has 1 aliphatic rings. The number of ether oxygens (including phenoxy) is 3. The summed E-state index contributed by atoms with van der Waals surface area (Å²) in [6.45, 7) is 24.4. The molecule has 0 bridgehead atoms. The zero-order valence-electron chi connectivity index (χ0n) is 46.8. The zero-order valence-corrected chi connectivity index (χ0v) is 48.8. The lowest BCUT2D eigenvalue weighted by Gasteiger charge is -2.43. The van der Waals surface area contributed by atoms with Gasteiger partial charge in [-0.2, -0.15) is 0 Å². The van der Waals surface area contributed by atoms with Gasteiger partial charge >= 0.3 is 24.0 Å². The van der Waals surface area contributed by atoms with Crippen molar-refractivity contribution >= 4 is 67.3 Å². The average molecular weight is 1070 g/mol. The van der Waals surface area contributed by atoms with Crippen LogP contribution in [0.3, 0.4) is 0 Å². The van der Waals surface area contributed by atoms with E-state index in [1.807, 2.05) is 103 Å². The number of nitrogens with zero attached hydrogens (tertiary/aromatic N) is 1. The Morgan fingerprint density at radius 3 is 1.20 bits per heavy atom. The average Bonchev–Trinajstić information content (AvgIpc) is 3.71. The number of carbonyl (C=O) groups excluding carboxylic acids is 4. The molecular formula is C62H81NO11Si2. The van der Waals surface area contributed by atoms with E-state index in [1.165, 1.54) is 4.90 Å². The maximum Gasteiger partial charge on any atom is 0.416 e. The zero-order chi connectivity index (χ0) is 56.0.